The molecule has 2 heteroatoms. The molecular weight excluding hydrogens is 284 g/mol. The van der Waals surface area contributed by atoms with Crippen molar-refractivity contribution in [3.8, 4) is 0 Å². The van der Waals surface area contributed by atoms with E-state index in [0.717, 1.165) is 12.8 Å². The molecule has 0 rings (SSSR count). The van der Waals surface area contributed by atoms with Gasteiger partial charge in [-0.1, -0.05) is 70.4 Å². The van der Waals surface area contributed by atoms with Gasteiger partial charge in [-0.05, 0) is 46.0 Å². The van der Waals surface area contributed by atoms with E-state index in [4.69, 9.17) is 4.74 Å². The molecule has 0 aromatic rings. The molecule has 0 aliphatic carbocycles. The molecule has 0 aliphatic heterocycles. The molecule has 0 N–H and O–H groups in total. The van der Waals surface area contributed by atoms with Gasteiger partial charge in [0.2, 0.25) is 0 Å². The van der Waals surface area contributed by atoms with Crippen LogP contribution < -0.4 is 0 Å². The fourth-order valence-electron chi connectivity index (χ4n) is 2.66. The first-order valence-electron chi connectivity index (χ1n) is 10.0. The number of hydrogen-bond donors (Lipinski definition) is 0. The average Bonchev–Trinajstić information content (AvgIpc) is 2.50. The van der Waals surface area contributed by atoms with Crippen molar-refractivity contribution in [1.82, 2.24) is 0 Å². The van der Waals surface area contributed by atoms with Crippen LogP contribution in [0.2, 0.25) is 0 Å². The van der Waals surface area contributed by atoms with Gasteiger partial charge in [-0.3, -0.25) is 4.79 Å². The summed E-state index contributed by atoms with van der Waals surface area (Å²) in [5.41, 5.74) is 0. The lowest BCUT2D eigenvalue weighted by molar-refractivity contribution is -0.147. The van der Waals surface area contributed by atoms with Gasteiger partial charge in [0.25, 0.3) is 0 Å². The smallest absolute Gasteiger partial charge is 0.306 e. The summed E-state index contributed by atoms with van der Waals surface area (Å²) in [6.07, 6.45) is 22.0. The first-order chi connectivity index (χ1) is 11.2. The second-order valence-corrected chi connectivity index (χ2v) is 6.87. The Kier molecular flexibility index (Phi) is 17.0. The Morgan fingerprint density at radius 1 is 0.783 bits per heavy atom. The third-order valence-corrected chi connectivity index (χ3v) is 4.01. The molecule has 136 valence electrons. The molecule has 0 amide bonds. The van der Waals surface area contributed by atoms with E-state index in [1.165, 1.54) is 70.6 Å². The summed E-state index contributed by atoms with van der Waals surface area (Å²) in [6, 6.07) is 0. The summed E-state index contributed by atoms with van der Waals surface area (Å²) in [6.45, 7) is 6.07. The number of ether oxygens (including phenoxy) is 1. The molecule has 2 nitrogen and oxygen atoms in total. The molecule has 0 radical (unpaired) electrons. The van der Waals surface area contributed by atoms with Crippen molar-refractivity contribution in [2.24, 2.45) is 0 Å². The maximum absolute atomic E-state index is 11.4. The van der Waals surface area contributed by atoms with Gasteiger partial charge in [0.05, 0.1) is 6.10 Å². The number of esters is 1. The van der Waals surface area contributed by atoms with Gasteiger partial charge in [0, 0.05) is 6.42 Å². The molecule has 0 aliphatic rings. The molecule has 0 unspecified atom stereocenters. The van der Waals surface area contributed by atoms with Crippen LogP contribution in [-0.4, -0.2) is 12.1 Å². The van der Waals surface area contributed by atoms with Crippen LogP contribution in [0.25, 0.3) is 0 Å². The topological polar surface area (TPSA) is 26.3 Å². The van der Waals surface area contributed by atoms with Crippen molar-refractivity contribution in [1.29, 1.82) is 0 Å². The van der Waals surface area contributed by atoms with E-state index in [2.05, 4.69) is 19.1 Å². The minimum atomic E-state index is -0.0418. The number of rotatable bonds is 16. The molecule has 0 aromatic heterocycles. The average molecular weight is 325 g/mol. The largest absolute Gasteiger partial charge is 0.463 e. The highest BCUT2D eigenvalue weighted by atomic mass is 16.5. The molecule has 23 heavy (non-hydrogen) atoms. The van der Waals surface area contributed by atoms with E-state index in [1.54, 1.807) is 0 Å². The fourth-order valence-corrected chi connectivity index (χ4v) is 2.66. The van der Waals surface area contributed by atoms with Crippen molar-refractivity contribution in [2.75, 3.05) is 0 Å². The fraction of sp³-hybridized carbons (Fsp3) is 0.857. The van der Waals surface area contributed by atoms with Crippen LogP contribution in [0.4, 0.5) is 0 Å². The van der Waals surface area contributed by atoms with Crippen LogP contribution in [0.5, 0.6) is 0 Å². The number of allylic oxidation sites excluding steroid dienone is 2. The van der Waals surface area contributed by atoms with E-state index in [0.29, 0.717) is 6.42 Å². The lowest BCUT2D eigenvalue weighted by Gasteiger charge is -2.07. The van der Waals surface area contributed by atoms with Gasteiger partial charge in [-0.15, -0.1) is 0 Å². The SMILES string of the molecule is CCCCCCC/C=C/CCCCCCCCC(=O)OC(C)C. The number of carbonyl (C=O) groups is 1. The second-order valence-electron chi connectivity index (χ2n) is 6.87. The summed E-state index contributed by atoms with van der Waals surface area (Å²) < 4.78 is 5.12. The zero-order valence-corrected chi connectivity index (χ0v) is 15.9. The summed E-state index contributed by atoms with van der Waals surface area (Å²) >= 11 is 0. The molecular formula is C21H40O2. The summed E-state index contributed by atoms with van der Waals surface area (Å²) in [5.74, 6) is -0.0418. The van der Waals surface area contributed by atoms with Gasteiger partial charge in [0.15, 0.2) is 0 Å². The van der Waals surface area contributed by atoms with Crippen LogP contribution in [0, 0.1) is 0 Å². The highest BCUT2D eigenvalue weighted by Gasteiger charge is 2.04. The monoisotopic (exact) mass is 324 g/mol. The van der Waals surface area contributed by atoms with Crippen LogP contribution in [0.1, 0.15) is 111 Å². The van der Waals surface area contributed by atoms with Gasteiger partial charge in [-0.25, -0.2) is 0 Å². The molecule has 0 heterocycles. The Hall–Kier alpha value is -0.790. The summed E-state index contributed by atoms with van der Waals surface area (Å²) in [7, 11) is 0. The minimum Gasteiger partial charge on any atom is -0.463 e. The number of carbonyl (C=O) groups excluding carboxylic acids is 1. The van der Waals surface area contributed by atoms with Gasteiger partial charge in [0.1, 0.15) is 0 Å². The molecule has 0 fully saturated rings. The molecule has 0 bridgehead atoms. The maximum Gasteiger partial charge on any atom is 0.306 e. The van der Waals surface area contributed by atoms with Gasteiger partial charge >= 0.3 is 5.97 Å². The predicted octanol–water partition coefficient (Wildman–Crippen LogP) is 6.98. The van der Waals surface area contributed by atoms with Gasteiger partial charge < -0.3 is 4.74 Å². The van der Waals surface area contributed by atoms with Crippen molar-refractivity contribution in [3.63, 3.8) is 0 Å². The Balaban J connectivity index is 3.17. The maximum atomic E-state index is 11.4. The Morgan fingerprint density at radius 2 is 1.26 bits per heavy atom. The standard InChI is InChI=1S/C21H40O2/c1-4-5-6-7-8-9-10-11-12-13-14-15-16-17-18-19-21(22)23-20(2)3/h10-11,20H,4-9,12-19H2,1-3H3/b11-10+. The van der Waals surface area contributed by atoms with E-state index in [-0.39, 0.29) is 12.1 Å². The molecule has 0 atom stereocenters. The molecule has 0 saturated heterocycles. The second kappa shape index (κ2) is 17.6. The first kappa shape index (κ1) is 22.2. The molecule has 0 saturated carbocycles. The van der Waals surface area contributed by atoms with E-state index >= 15 is 0 Å². The molecule has 0 spiro atoms. The normalized spacial score (nSPS) is 11.5. The zero-order valence-electron chi connectivity index (χ0n) is 15.9. The van der Waals surface area contributed by atoms with Crippen molar-refractivity contribution in [2.45, 2.75) is 117 Å². The zero-order chi connectivity index (χ0) is 17.2. The predicted molar refractivity (Wildman–Crippen MR) is 101 cm³/mol. The molecule has 0 aromatic carbocycles. The number of hydrogen-bond acceptors (Lipinski definition) is 2. The quantitative estimate of drug-likeness (QED) is 0.174. The van der Waals surface area contributed by atoms with Crippen molar-refractivity contribution in [3.05, 3.63) is 12.2 Å². The van der Waals surface area contributed by atoms with Crippen LogP contribution in [0.15, 0.2) is 12.2 Å². The third-order valence-electron chi connectivity index (χ3n) is 4.01. The van der Waals surface area contributed by atoms with Crippen LogP contribution in [0.3, 0.4) is 0 Å². The van der Waals surface area contributed by atoms with Crippen molar-refractivity contribution >= 4 is 5.97 Å². The van der Waals surface area contributed by atoms with E-state index in [1.807, 2.05) is 13.8 Å². The first-order valence-corrected chi connectivity index (χ1v) is 10.0. The Bertz CT molecular complexity index is 282. The highest BCUT2D eigenvalue weighted by molar-refractivity contribution is 5.69. The van der Waals surface area contributed by atoms with Crippen LogP contribution >= 0.6 is 0 Å². The van der Waals surface area contributed by atoms with Gasteiger partial charge in [-0.2, -0.15) is 0 Å². The number of unbranched alkanes of at least 4 members (excludes halogenated alkanes) is 11. The third kappa shape index (κ3) is 19.2. The lowest BCUT2D eigenvalue weighted by Crippen LogP contribution is -2.10. The minimum absolute atomic E-state index is 0.0203. The van der Waals surface area contributed by atoms with E-state index < -0.39 is 0 Å². The lowest BCUT2D eigenvalue weighted by atomic mass is 10.1. The highest BCUT2D eigenvalue weighted by Crippen LogP contribution is 2.10. The van der Waals surface area contributed by atoms with Crippen molar-refractivity contribution < 1.29 is 9.53 Å². The summed E-state index contributed by atoms with van der Waals surface area (Å²) in [5, 5.41) is 0. The van der Waals surface area contributed by atoms with E-state index in [9.17, 15) is 4.79 Å². The Labute approximate surface area is 145 Å². The summed E-state index contributed by atoms with van der Waals surface area (Å²) in [4.78, 5) is 11.4. The Morgan fingerprint density at radius 3 is 1.78 bits per heavy atom. The van der Waals surface area contributed by atoms with Crippen LogP contribution in [-0.2, 0) is 9.53 Å².